The van der Waals surface area contributed by atoms with Crippen molar-refractivity contribution < 1.29 is 4.42 Å². The van der Waals surface area contributed by atoms with Crippen LogP contribution in [-0.2, 0) is 0 Å². The first kappa shape index (κ1) is 11.0. The average Bonchev–Trinajstić information content (AvgIpc) is 3.00. The van der Waals surface area contributed by atoms with E-state index in [9.17, 15) is 0 Å². The van der Waals surface area contributed by atoms with Crippen molar-refractivity contribution in [2.24, 2.45) is 0 Å². The van der Waals surface area contributed by atoms with Crippen molar-refractivity contribution in [3.63, 3.8) is 0 Å². The molecule has 1 fully saturated rings. The molecular formula is C13H13BrN2O. The number of aromatic nitrogens is 2. The Labute approximate surface area is 108 Å². The van der Waals surface area contributed by atoms with Gasteiger partial charge in [-0.3, -0.25) is 0 Å². The van der Waals surface area contributed by atoms with E-state index in [2.05, 4.69) is 26.1 Å². The van der Waals surface area contributed by atoms with Crippen LogP contribution in [0.3, 0.4) is 0 Å². The van der Waals surface area contributed by atoms with Gasteiger partial charge < -0.3 is 4.42 Å². The van der Waals surface area contributed by atoms with E-state index >= 15 is 0 Å². The second-order valence-electron chi connectivity index (χ2n) is 4.44. The van der Waals surface area contributed by atoms with Crippen LogP contribution < -0.4 is 0 Å². The molecule has 1 heterocycles. The lowest BCUT2D eigenvalue weighted by atomic mass is 10.1. The molecule has 17 heavy (non-hydrogen) atoms. The molecular weight excluding hydrogens is 280 g/mol. The normalized spacial score (nSPS) is 16.5. The van der Waals surface area contributed by atoms with Crippen LogP contribution in [0.15, 0.2) is 33.2 Å². The number of rotatable bonds is 2. The highest BCUT2D eigenvalue weighted by atomic mass is 79.9. The summed E-state index contributed by atoms with van der Waals surface area (Å²) >= 11 is 3.44. The summed E-state index contributed by atoms with van der Waals surface area (Å²) in [5, 5.41) is 8.31. The molecule has 2 aromatic rings. The highest BCUT2D eigenvalue weighted by Gasteiger charge is 2.22. The third-order valence-corrected chi connectivity index (χ3v) is 3.71. The fraction of sp³-hybridized carbons (Fsp3) is 0.385. The predicted molar refractivity (Wildman–Crippen MR) is 68.6 cm³/mol. The predicted octanol–water partition coefficient (Wildman–Crippen LogP) is 4.16. The highest BCUT2D eigenvalue weighted by molar-refractivity contribution is 9.10. The SMILES string of the molecule is Brc1cccc(-c2nnc(C3CCCC3)o2)c1. The second kappa shape index (κ2) is 4.61. The van der Waals surface area contributed by atoms with Crippen LogP contribution in [-0.4, -0.2) is 10.2 Å². The first-order valence-corrected chi connectivity index (χ1v) is 6.71. The van der Waals surface area contributed by atoms with Gasteiger partial charge in [-0.2, -0.15) is 0 Å². The minimum absolute atomic E-state index is 0.475. The molecule has 1 saturated carbocycles. The Morgan fingerprint density at radius 3 is 2.76 bits per heavy atom. The Morgan fingerprint density at radius 1 is 1.18 bits per heavy atom. The molecule has 3 nitrogen and oxygen atoms in total. The quantitative estimate of drug-likeness (QED) is 0.834. The van der Waals surface area contributed by atoms with Gasteiger partial charge in [-0.15, -0.1) is 10.2 Å². The summed E-state index contributed by atoms with van der Waals surface area (Å²) in [6.45, 7) is 0. The third-order valence-electron chi connectivity index (χ3n) is 3.22. The van der Waals surface area contributed by atoms with E-state index in [1.165, 1.54) is 25.7 Å². The summed E-state index contributed by atoms with van der Waals surface area (Å²) in [4.78, 5) is 0. The molecule has 4 heteroatoms. The summed E-state index contributed by atoms with van der Waals surface area (Å²) in [7, 11) is 0. The monoisotopic (exact) mass is 292 g/mol. The summed E-state index contributed by atoms with van der Waals surface area (Å²) < 4.78 is 6.79. The second-order valence-corrected chi connectivity index (χ2v) is 5.35. The van der Waals surface area contributed by atoms with Crippen molar-refractivity contribution in [3.8, 4) is 11.5 Å². The number of hydrogen-bond acceptors (Lipinski definition) is 3. The Balaban J connectivity index is 1.89. The number of halogens is 1. The molecule has 0 N–H and O–H groups in total. The van der Waals surface area contributed by atoms with Gasteiger partial charge in [0.15, 0.2) is 0 Å². The molecule has 0 radical (unpaired) electrons. The molecule has 0 amide bonds. The fourth-order valence-corrected chi connectivity index (χ4v) is 2.71. The van der Waals surface area contributed by atoms with E-state index in [4.69, 9.17) is 4.42 Å². The maximum atomic E-state index is 5.77. The van der Waals surface area contributed by atoms with Crippen LogP contribution in [0.1, 0.15) is 37.5 Å². The van der Waals surface area contributed by atoms with E-state index in [1.807, 2.05) is 24.3 Å². The van der Waals surface area contributed by atoms with E-state index < -0.39 is 0 Å². The van der Waals surface area contributed by atoms with E-state index in [0.717, 1.165) is 15.9 Å². The summed E-state index contributed by atoms with van der Waals surface area (Å²) in [5.41, 5.74) is 0.969. The summed E-state index contributed by atoms with van der Waals surface area (Å²) in [6, 6.07) is 7.93. The van der Waals surface area contributed by atoms with Crippen LogP contribution in [0.2, 0.25) is 0 Å². The number of benzene rings is 1. The number of nitrogens with zero attached hydrogens (tertiary/aromatic N) is 2. The highest BCUT2D eigenvalue weighted by Crippen LogP contribution is 2.34. The lowest BCUT2D eigenvalue weighted by Crippen LogP contribution is -1.91. The van der Waals surface area contributed by atoms with Crippen LogP contribution in [0.5, 0.6) is 0 Å². The third kappa shape index (κ3) is 2.27. The summed E-state index contributed by atoms with van der Waals surface area (Å²) in [5.74, 6) is 1.90. The van der Waals surface area contributed by atoms with Crippen molar-refractivity contribution in [1.29, 1.82) is 0 Å². The molecule has 1 aliphatic carbocycles. The lowest BCUT2D eigenvalue weighted by Gasteiger charge is -2.00. The Hall–Kier alpha value is -1.16. The largest absolute Gasteiger partial charge is 0.420 e. The molecule has 1 aliphatic rings. The van der Waals surface area contributed by atoms with Gasteiger partial charge in [-0.1, -0.05) is 34.8 Å². The number of hydrogen-bond donors (Lipinski definition) is 0. The fourth-order valence-electron chi connectivity index (χ4n) is 2.31. The van der Waals surface area contributed by atoms with Crippen LogP contribution >= 0.6 is 15.9 Å². The summed E-state index contributed by atoms with van der Waals surface area (Å²) in [6.07, 6.45) is 4.92. The van der Waals surface area contributed by atoms with Crippen molar-refractivity contribution in [2.75, 3.05) is 0 Å². The standard InChI is InChI=1S/C13H13BrN2O/c14-11-7-3-6-10(8-11)13-16-15-12(17-13)9-4-1-2-5-9/h3,6-9H,1-2,4-5H2. The molecule has 0 spiro atoms. The zero-order valence-corrected chi connectivity index (χ0v) is 11.0. The van der Waals surface area contributed by atoms with Crippen molar-refractivity contribution in [2.45, 2.75) is 31.6 Å². The molecule has 0 aliphatic heterocycles. The first-order valence-electron chi connectivity index (χ1n) is 5.92. The van der Waals surface area contributed by atoms with Gasteiger partial charge in [-0.05, 0) is 31.0 Å². The topological polar surface area (TPSA) is 38.9 Å². The van der Waals surface area contributed by atoms with Gasteiger partial charge in [-0.25, -0.2) is 0 Å². The molecule has 88 valence electrons. The van der Waals surface area contributed by atoms with Crippen LogP contribution in [0, 0.1) is 0 Å². The van der Waals surface area contributed by atoms with E-state index in [-0.39, 0.29) is 0 Å². The van der Waals surface area contributed by atoms with Gasteiger partial charge >= 0.3 is 0 Å². The molecule has 0 bridgehead atoms. The lowest BCUT2D eigenvalue weighted by molar-refractivity contribution is 0.457. The molecule has 0 atom stereocenters. The van der Waals surface area contributed by atoms with E-state index in [1.54, 1.807) is 0 Å². The van der Waals surface area contributed by atoms with E-state index in [0.29, 0.717) is 11.8 Å². The molecule has 0 unspecified atom stereocenters. The van der Waals surface area contributed by atoms with Gasteiger partial charge in [0.25, 0.3) is 0 Å². The molecule has 0 saturated heterocycles. The van der Waals surface area contributed by atoms with Gasteiger partial charge in [0.1, 0.15) is 0 Å². The molecule has 1 aromatic heterocycles. The molecule has 3 rings (SSSR count). The zero-order chi connectivity index (χ0) is 11.7. The first-order chi connectivity index (χ1) is 8.33. The Bertz CT molecular complexity index is 518. The Kier molecular flexibility index (Phi) is 2.97. The van der Waals surface area contributed by atoms with Crippen molar-refractivity contribution in [1.82, 2.24) is 10.2 Å². The minimum atomic E-state index is 0.475. The van der Waals surface area contributed by atoms with Crippen molar-refractivity contribution >= 4 is 15.9 Å². The minimum Gasteiger partial charge on any atom is -0.420 e. The van der Waals surface area contributed by atoms with Crippen LogP contribution in [0.25, 0.3) is 11.5 Å². The maximum absolute atomic E-state index is 5.77. The zero-order valence-electron chi connectivity index (χ0n) is 9.40. The average molecular weight is 293 g/mol. The van der Waals surface area contributed by atoms with Gasteiger partial charge in [0.2, 0.25) is 11.8 Å². The van der Waals surface area contributed by atoms with Crippen LogP contribution in [0.4, 0.5) is 0 Å². The Morgan fingerprint density at radius 2 is 2.00 bits per heavy atom. The smallest absolute Gasteiger partial charge is 0.247 e. The van der Waals surface area contributed by atoms with Crippen molar-refractivity contribution in [3.05, 3.63) is 34.6 Å². The van der Waals surface area contributed by atoms with Gasteiger partial charge in [0, 0.05) is 16.0 Å². The van der Waals surface area contributed by atoms with Gasteiger partial charge in [0.05, 0.1) is 0 Å². The maximum Gasteiger partial charge on any atom is 0.247 e. The molecule has 1 aromatic carbocycles.